The summed E-state index contributed by atoms with van der Waals surface area (Å²) >= 11 is 0. The minimum absolute atomic E-state index is 0.0555. The average Bonchev–Trinajstić information content (AvgIpc) is 3.01. The van der Waals surface area contributed by atoms with Crippen molar-refractivity contribution in [3.63, 3.8) is 0 Å². The smallest absolute Gasteiger partial charge is 0.222 e. The summed E-state index contributed by atoms with van der Waals surface area (Å²) in [6, 6.07) is 3.91. The number of aryl methyl sites for hydroxylation is 1. The van der Waals surface area contributed by atoms with E-state index in [4.69, 9.17) is 15.7 Å². The number of pyridine rings is 1. The van der Waals surface area contributed by atoms with E-state index in [1.54, 1.807) is 12.4 Å². The average molecular weight is 351 g/mol. The highest BCUT2D eigenvalue weighted by Crippen LogP contribution is 2.32. The molecule has 2 aromatic heterocycles. The lowest BCUT2D eigenvalue weighted by molar-refractivity contribution is -0.122. The van der Waals surface area contributed by atoms with Gasteiger partial charge in [-0.15, -0.1) is 0 Å². The molecule has 1 amide bonds. The molecule has 2 aliphatic carbocycles. The number of nitrogens with one attached hydrogen (secondary N) is 1. The zero-order chi connectivity index (χ0) is 17.9. The van der Waals surface area contributed by atoms with Gasteiger partial charge in [0.05, 0.1) is 5.92 Å². The highest BCUT2D eigenvalue weighted by Gasteiger charge is 2.30. The van der Waals surface area contributed by atoms with Crippen molar-refractivity contribution >= 4 is 11.7 Å². The molecule has 0 spiro atoms. The van der Waals surface area contributed by atoms with E-state index in [0.29, 0.717) is 0 Å². The van der Waals surface area contributed by atoms with Gasteiger partial charge in [0.2, 0.25) is 5.91 Å². The molecule has 2 aliphatic rings. The van der Waals surface area contributed by atoms with Crippen LogP contribution in [0.4, 0.5) is 5.82 Å². The molecule has 4 rings (SSSR count). The molecule has 2 heterocycles. The highest BCUT2D eigenvalue weighted by atomic mass is 16.1. The van der Waals surface area contributed by atoms with Gasteiger partial charge in [-0.2, -0.15) is 0 Å². The Morgan fingerprint density at radius 2 is 1.85 bits per heavy atom. The Bertz CT molecular complexity index is 792. The van der Waals surface area contributed by atoms with E-state index >= 15 is 0 Å². The van der Waals surface area contributed by atoms with Crippen molar-refractivity contribution < 1.29 is 4.79 Å². The molecular weight excluding hydrogens is 326 g/mol. The zero-order valence-electron chi connectivity index (χ0n) is 14.9. The van der Waals surface area contributed by atoms with Crippen LogP contribution in [0.5, 0.6) is 0 Å². The summed E-state index contributed by atoms with van der Waals surface area (Å²) in [6.45, 7) is 0. The van der Waals surface area contributed by atoms with Crippen molar-refractivity contribution in [1.82, 2.24) is 15.0 Å². The van der Waals surface area contributed by atoms with Crippen LogP contribution >= 0.6 is 0 Å². The summed E-state index contributed by atoms with van der Waals surface area (Å²) in [6.07, 6.45) is 11.7. The number of fused-ring (bicyclic) bond motifs is 1. The first kappa shape index (κ1) is 16.9. The molecule has 1 saturated carbocycles. The molecule has 6 nitrogen and oxygen atoms in total. The Balaban J connectivity index is 1.69. The maximum Gasteiger partial charge on any atom is 0.222 e. The first-order valence-corrected chi connectivity index (χ1v) is 9.58. The van der Waals surface area contributed by atoms with E-state index in [0.717, 1.165) is 74.3 Å². The minimum atomic E-state index is -0.204. The fraction of sp³-hybridized carbons (Fsp3) is 0.500. The summed E-state index contributed by atoms with van der Waals surface area (Å²) in [5.41, 5.74) is 8.99. The number of carbonyl (C=O) groups excluding carboxylic acids is 1. The van der Waals surface area contributed by atoms with Crippen molar-refractivity contribution in [2.75, 3.05) is 5.32 Å². The molecular formula is C20H25N5O. The molecule has 0 bridgehead atoms. The van der Waals surface area contributed by atoms with Crippen LogP contribution in [0.25, 0.3) is 11.4 Å². The fourth-order valence-electron chi connectivity index (χ4n) is 4.18. The molecule has 2 aromatic rings. The van der Waals surface area contributed by atoms with Crippen LogP contribution in [0.3, 0.4) is 0 Å². The van der Waals surface area contributed by atoms with Crippen LogP contribution in [0.15, 0.2) is 24.5 Å². The second-order valence-electron chi connectivity index (χ2n) is 7.31. The van der Waals surface area contributed by atoms with E-state index in [2.05, 4.69) is 10.3 Å². The number of hydrogen-bond donors (Lipinski definition) is 2. The van der Waals surface area contributed by atoms with Gasteiger partial charge in [0.25, 0.3) is 0 Å². The van der Waals surface area contributed by atoms with Crippen LogP contribution in [-0.2, 0) is 17.6 Å². The van der Waals surface area contributed by atoms with Crippen molar-refractivity contribution in [2.45, 2.75) is 57.4 Å². The lowest BCUT2D eigenvalue weighted by Crippen LogP contribution is -2.38. The molecule has 0 saturated heterocycles. The summed E-state index contributed by atoms with van der Waals surface area (Å²) in [7, 11) is 0. The number of anilines is 1. The van der Waals surface area contributed by atoms with E-state index in [9.17, 15) is 4.79 Å². The lowest BCUT2D eigenvalue weighted by Gasteiger charge is -2.25. The van der Waals surface area contributed by atoms with Crippen LogP contribution in [-0.4, -0.2) is 26.9 Å². The molecule has 26 heavy (non-hydrogen) atoms. The second kappa shape index (κ2) is 7.40. The fourth-order valence-corrected chi connectivity index (χ4v) is 4.18. The third-order valence-corrected chi connectivity index (χ3v) is 5.58. The molecule has 2 unspecified atom stereocenters. The van der Waals surface area contributed by atoms with Crippen LogP contribution < -0.4 is 11.1 Å². The Kier molecular flexibility index (Phi) is 4.82. The number of nitrogens with zero attached hydrogens (tertiary/aromatic N) is 3. The zero-order valence-corrected chi connectivity index (χ0v) is 14.9. The quantitative estimate of drug-likeness (QED) is 0.826. The van der Waals surface area contributed by atoms with Crippen molar-refractivity contribution in [3.05, 3.63) is 35.8 Å². The third-order valence-electron chi connectivity index (χ3n) is 5.58. The summed E-state index contributed by atoms with van der Waals surface area (Å²) < 4.78 is 0. The maximum absolute atomic E-state index is 12.0. The number of rotatable bonds is 4. The van der Waals surface area contributed by atoms with Gasteiger partial charge in [0, 0.05) is 35.3 Å². The number of carbonyl (C=O) groups is 1. The van der Waals surface area contributed by atoms with Crippen molar-refractivity contribution in [3.8, 4) is 11.4 Å². The number of nitrogens with two attached hydrogens (primary N) is 1. The second-order valence-corrected chi connectivity index (χ2v) is 7.31. The van der Waals surface area contributed by atoms with Gasteiger partial charge >= 0.3 is 0 Å². The number of aromatic nitrogens is 3. The summed E-state index contributed by atoms with van der Waals surface area (Å²) in [4.78, 5) is 25.7. The number of primary amides is 1. The largest absolute Gasteiger partial charge is 0.369 e. The van der Waals surface area contributed by atoms with Gasteiger partial charge in [-0.05, 0) is 44.2 Å². The van der Waals surface area contributed by atoms with Crippen LogP contribution in [0, 0.1) is 5.92 Å². The third kappa shape index (κ3) is 3.41. The van der Waals surface area contributed by atoms with Gasteiger partial charge in [-0.1, -0.05) is 19.3 Å². The maximum atomic E-state index is 12.0. The minimum Gasteiger partial charge on any atom is -0.369 e. The van der Waals surface area contributed by atoms with E-state index in [1.807, 2.05) is 12.1 Å². The predicted molar refractivity (Wildman–Crippen MR) is 100 cm³/mol. The standard InChI is InChI=1S/C20H25N5O/c21-18(26)14-5-2-1-3-7-16(14)24-20-15-6-4-8-17(15)23-19(25-20)13-9-11-22-12-10-13/h9-12,14,16H,1-8H2,(H2,21,26)(H,23,24,25). The SMILES string of the molecule is NC(=O)C1CCCCCC1Nc1nc(-c2ccncc2)nc2c1CCC2. The first-order valence-electron chi connectivity index (χ1n) is 9.58. The summed E-state index contributed by atoms with van der Waals surface area (Å²) in [5.74, 6) is 1.27. The molecule has 0 aliphatic heterocycles. The predicted octanol–water partition coefficient (Wildman–Crippen LogP) is 2.87. The molecule has 0 radical (unpaired) electrons. The van der Waals surface area contributed by atoms with Gasteiger partial charge in [-0.25, -0.2) is 9.97 Å². The van der Waals surface area contributed by atoms with Crippen LogP contribution in [0.1, 0.15) is 49.8 Å². The van der Waals surface area contributed by atoms with Crippen molar-refractivity contribution in [1.29, 1.82) is 0 Å². The Morgan fingerprint density at radius 3 is 2.65 bits per heavy atom. The van der Waals surface area contributed by atoms with Gasteiger partial charge in [-0.3, -0.25) is 9.78 Å². The van der Waals surface area contributed by atoms with Crippen molar-refractivity contribution in [2.24, 2.45) is 11.7 Å². The molecule has 0 aromatic carbocycles. The topological polar surface area (TPSA) is 93.8 Å². The van der Waals surface area contributed by atoms with E-state index in [1.165, 1.54) is 5.56 Å². The normalized spacial score (nSPS) is 22.5. The Hall–Kier alpha value is -2.50. The van der Waals surface area contributed by atoms with E-state index < -0.39 is 0 Å². The number of hydrogen-bond acceptors (Lipinski definition) is 5. The molecule has 2 atom stereocenters. The van der Waals surface area contributed by atoms with Crippen LogP contribution in [0.2, 0.25) is 0 Å². The van der Waals surface area contributed by atoms with E-state index in [-0.39, 0.29) is 17.9 Å². The summed E-state index contributed by atoms with van der Waals surface area (Å²) in [5, 5.41) is 3.60. The van der Waals surface area contributed by atoms with Gasteiger partial charge in [0.1, 0.15) is 5.82 Å². The molecule has 136 valence electrons. The Morgan fingerprint density at radius 1 is 1.04 bits per heavy atom. The van der Waals surface area contributed by atoms with Gasteiger partial charge in [0.15, 0.2) is 5.82 Å². The monoisotopic (exact) mass is 351 g/mol. The van der Waals surface area contributed by atoms with Gasteiger partial charge < -0.3 is 11.1 Å². The molecule has 3 N–H and O–H groups in total. The molecule has 1 fully saturated rings. The number of amides is 1. The highest BCUT2D eigenvalue weighted by molar-refractivity contribution is 5.78. The Labute approximate surface area is 153 Å². The first-order chi connectivity index (χ1) is 12.7. The lowest BCUT2D eigenvalue weighted by atomic mass is 9.94. The molecule has 6 heteroatoms.